The zero-order valence-corrected chi connectivity index (χ0v) is 17.9. The lowest BCUT2D eigenvalue weighted by Crippen LogP contribution is -2.45. The van der Waals surface area contributed by atoms with Crippen LogP contribution < -0.4 is 25.6 Å². The van der Waals surface area contributed by atoms with Gasteiger partial charge in [-0.05, 0) is 37.6 Å². The van der Waals surface area contributed by atoms with E-state index in [2.05, 4.69) is 25.9 Å². The molecule has 0 bridgehead atoms. The summed E-state index contributed by atoms with van der Waals surface area (Å²) in [6.45, 7) is 6.46. The molecule has 2 heterocycles. The minimum Gasteiger partial charge on any atom is -0.492 e. The van der Waals surface area contributed by atoms with Gasteiger partial charge in [0.25, 0.3) is 0 Å². The molecule has 1 aliphatic heterocycles. The number of ether oxygens (including phenoxy) is 1. The van der Waals surface area contributed by atoms with Crippen molar-refractivity contribution in [3.63, 3.8) is 0 Å². The van der Waals surface area contributed by atoms with E-state index in [1.807, 2.05) is 24.0 Å². The fourth-order valence-corrected chi connectivity index (χ4v) is 3.38. The van der Waals surface area contributed by atoms with E-state index < -0.39 is 0 Å². The fourth-order valence-electron chi connectivity index (χ4n) is 3.38. The molecule has 8 nitrogen and oxygen atoms in total. The second kappa shape index (κ2) is 11.1. The van der Waals surface area contributed by atoms with Crippen LogP contribution in [0.5, 0.6) is 5.75 Å². The van der Waals surface area contributed by atoms with Gasteiger partial charge in [0, 0.05) is 50.6 Å². The Hall–Kier alpha value is -3.36. The third-order valence-electron chi connectivity index (χ3n) is 4.70. The zero-order chi connectivity index (χ0) is 22.1. The molecule has 1 saturated heterocycles. The van der Waals surface area contributed by atoms with Crippen LogP contribution in [0, 0.1) is 5.82 Å². The number of benzene rings is 1. The average Bonchev–Trinajstić information content (AvgIpc) is 3.19. The number of anilines is 2. The summed E-state index contributed by atoms with van der Waals surface area (Å²) in [4.78, 5) is 21.8. The molecule has 3 rings (SSSR count). The van der Waals surface area contributed by atoms with Gasteiger partial charge in [0.05, 0.1) is 6.54 Å². The van der Waals surface area contributed by atoms with Gasteiger partial charge in [-0.3, -0.25) is 4.79 Å². The van der Waals surface area contributed by atoms with Crippen LogP contribution in [0.25, 0.3) is 0 Å². The summed E-state index contributed by atoms with van der Waals surface area (Å²) in [5, 5.41) is 9.37. The van der Waals surface area contributed by atoms with Crippen LogP contribution in [0.1, 0.15) is 20.3 Å². The number of hydrogen-bond acceptors (Lipinski definition) is 5. The van der Waals surface area contributed by atoms with Crippen molar-refractivity contribution >= 4 is 23.4 Å². The lowest BCUT2D eigenvalue weighted by molar-refractivity contribution is -0.114. The molecule has 1 fully saturated rings. The summed E-state index contributed by atoms with van der Waals surface area (Å²) in [5.41, 5.74) is 0.693. The first kappa shape index (κ1) is 22.3. The molecular weight excluding hydrogens is 399 g/mol. The monoisotopic (exact) mass is 428 g/mol. The second-order valence-electron chi connectivity index (χ2n) is 7.20. The van der Waals surface area contributed by atoms with Gasteiger partial charge in [0.2, 0.25) is 5.91 Å². The van der Waals surface area contributed by atoms with Gasteiger partial charge >= 0.3 is 0 Å². The molecule has 0 radical (unpaired) electrons. The number of pyridine rings is 1. The molecule has 1 amide bonds. The van der Waals surface area contributed by atoms with E-state index in [1.54, 1.807) is 24.4 Å². The van der Waals surface area contributed by atoms with Gasteiger partial charge in [-0.2, -0.15) is 0 Å². The van der Waals surface area contributed by atoms with E-state index in [1.165, 1.54) is 13.0 Å². The first-order valence-corrected chi connectivity index (χ1v) is 10.5. The molecule has 2 aromatic rings. The summed E-state index contributed by atoms with van der Waals surface area (Å²) < 4.78 is 19.7. The van der Waals surface area contributed by atoms with E-state index in [4.69, 9.17) is 4.74 Å². The Balaban J connectivity index is 1.49. The molecule has 1 unspecified atom stereocenters. The highest BCUT2D eigenvalue weighted by Crippen LogP contribution is 2.21. The number of amides is 1. The van der Waals surface area contributed by atoms with E-state index in [-0.39, 0.29) is 17.8 Å². The molecule has 0 spiro atoms. The Kier molecular flexibility index (Phi) is 8.03. The van der Waals surface area contributed by atoms with Gasteiger partial charge < -0.3 is 25.6 Å². The predicted octanol–water partition coefficient (Wildman–Crippen LogP) is 2.39. The highest BCUT2D eigenvalue weighted by molar-refractivity contribution is 5.88. The van der Waals surface area contributed by atoms with Gasteiger partial charge in [0.1, 0.15) is 12.4 Å². The molecule has 9 heteroatoms. The lowest BCUT2D eigenvalue weighted by atomic mass is 10.3. The number of halogens is 1. The second-order valence-corrected chi connectivity index (χ2v) is 7.20. The maximum atomic E-state index is 14.0. The van der Waals surface area contributed by atoms with Crippen molar-refractivity contribution in [3.8, 4) is 5.75 Å². The van der Waals surface area contributed by atoms with E-state index in [9.17, 15) is 9.18 Å². The van der Waals surface area contributed by atoms with Crippen LogP contribution in [0.15, 0.2) is 47.6 Å². The van der Waals surface area contributed by atoms with Crippen molar-refractivity contribution in [2.45, 2.75) is 26.3 Å². The number of nitrogens with zero attached hydrogens (tertiary/aromatic N) is 3. The Morgan fingerprint density at radius 1 is 1.35 bits per heavy atom. The number of nitrogens with one attached hydrogen (secondary N) is 3. The number of carbonyl (C=O) groups excluding carboxylic acids is 1. The topological polar surface area (TPSA) is 90.9 Å². The van der Waals surface area contributed by atoms with E-state index >= 15 is 0 Å². The van der Waals surface area contributed by atoms with Crippen LogP contribution >= 0.6 is 0 Å². The highest BCUT2D eigenvalue weighted by Gasteiger charge is 2.25. The molecule has 1 aromatic carbocycles. The Bertz CT molecular complexity index is 907. The van der Waals surface area contributed by atoms with Gasteiger partial charge in [-0.1, -0.05) is 6.07 Å². The molecule has 3 N–H and O–H groups in total. The normalized spacial score (nSPS) is 16.2. The van der Waals surface area contributed by atoms with Crippen LogP contribution in [0.4, 0.5) is 15.9 Å². The van der Waals surface area contributed by atoms with Crippen molar-refractivity contribution in [1.29, 1.82) is 0 Å². The van der Waals surface area contributed by atoms with Gasteiger partial charge in [0.15, 0.2) is 17.6 Å². The van der Waals surface area contributed by atoms with Crippen molar-refractivity contribution in [1.82, 2.24) is 15.6 Å². The van der Waals surface area contributed by atoms with Crippen molar-refractivity contribution in [3.05, 3.63) is 48.4 Å². The summed E-state index contributed by atoms with van der Waals surface area (Å²) in [7, 11) is 0. The number of carbonyl (C=O) groups is 1. The molecule has 1 atom stereocenters. The zero-order valence-electron chi connectivity index (χ0n) is 17.9. The number of aliphatic imine (C=N–C) groups is 1. The molecular formula is C22H29FN6O2. The maximum absolute atomic E-state index is 14.0. The summed E-state index contributed by atoms with van der Waals surface area (Å²) in [6.07, 6.45) is 2.48. The first-order chi connectivity index (χ1) is 15.0. The Morgan fingerprint density at radius 2 is 2.23 bits per heavy atom. The standard InChI is InChI=1S/C22H29FN6O2/c1-3-24-22(26-11-13-31-19-7-4-6-17(14-19)27-16(2)30)28-18-9-12-29(15-18)21-20(23)8-5-10-25-21/h4-8,10,14,18H,3,9,11-13,15H2,1-2H3,(H,27,30)(H2,24,26,28). The molecule has 1 aliphatic rings. The number of hydrogen-bond donors (Lipinski definition) is 3. The highest BCUT2D eigenvalue weighted by atomic mass is 19.1. The summed E-state index contributed by atoms with van der Waals surface area (Å²) in [5.74, 6) is 1.33. The van der Waals surface area contributed by atoms with Crippen molar-refractivity contribution < 1.29 is 13.9 Å². The Morgan fingerprint density at radius 3 is 3.00 bits per heavy atom. The average molecular weight is 429 g/mol. The minimum absolute atomic E-state index is 0.126. The number of guanidine groups is 1. The van der Waals surface area contributed by atoms with Crippen LogP contribution in [0.3, 0.4) is 0 Å². The van der Waals surface area contributed by atoms with Crippen molar-refractivity contribution in [2.24, 2.45) is 4.99 Å². The third-order valence-corrected chi connectivity index (χ3v) is 4.70. The predicted molar refractivity (Wildman–Crippen MR) is 120 cm³/mol. The van der Waals surface area contributed by atoms with Crippen molar-refractivity contribution in [2.75, 3.05) is 43.0 Å². The van der Waals surface area contributed by atoms with E-state index in [0.29, 0.717) is 42.9 Å². The third kappa shape index (κ3) is 6.84. The number of rotatable bonds is 8. The molecule has 0 saturated carbocycles. The van der Waals surface area contributed by atoms with Gasteiger partial charge in [-0.15, -0.1) is 0 Å². The number of aromatic nitrogens is 1. The largest absolute Gasteiger partial charge is 0.492 e. The first-order valence-electron chi connectivity index (χ1n) is 10.5. The van der Waals surface area contributed by atoms with Crippen LogP contribution in [0.2, 0.25) is 0 Å². The Labute approximate surface area is 181 Å². The summed E-state index contributed by atoms with van der Waals surface area (Å²) in [6, 6.07) is 10.4. The molecule has 1 aromatic heterocycles. The maximum Gasteiger partial charge on any atom is 0.221 e. The smallest absolute Gasteiger partial charge is 0.221 e. The van der Waals surface area contributed by atoms with Gasteiger partial charge in [-0.25, -0.2) is 14.4 Å². The summed E-state index contributed by atoms with van der Waals surface area (Å²) >= 11 is 0. The molecule has 166 valence electrons. The quantitative estimate of drug-likeness (QED) is 0.340. The van der Waals surface area contributed by atoms with Crippen LogP contribution in [-0.4, -0.2) is 55.7 Å². The van der Waals surface area contributed by atoms with E-state index in [0.717, 1.165) is 19.5 Å². The SMILES string of the molecule is CCNC(=NCCOc1cccc(NC(C)=O)c1)NC1CCN(c2ncccc2F)C1. The fraction of sp³-hybridized carbons (Fsp3) is 0.409. The lowest BCUT2D eigenvalue weighted by Gasteiger charge is -2.20. The molecule has 0 aliphatic carbocycles. The van der Waals surface area contributed by atoms with Crippen LogP contribution in [-0.2, 0) is 4.79 Å². The molecule has 31 heavy (non-hydrogen) atoms. The minimum atomic E-state index is -0.302.